The van der Waals surface area contributed by atoms with Crippen LogP contribution in [0.2, 0.25) is 0 Å². The predicted molar refractivity (Wildman–Crippen MR) is 71.8 cm³/mol. The Kier molecular flexibility index (Phi) is 5.48. The number of nitrogens with zero attached hydrogens (tertiary/aromatic N) is 1. The number of aliphatic hydroxyl groups excluding tert-OH is 1. The first-order valence-electron chi connectivity index (χ1n) is 6.03. The molecule has 104 valence electrons. The molecule has 2 unspecified atom stereocenters. The average molecular weight is 282 g/mol. The van der Waals surface area contributed by atoms with Gasteiger partial charge < -0.3 is 5.11 Å². The fourth-order valence-corrected chi connectivity index (χ4v) is 2.94. The molecule has 0 bridgehead atoms. The average Bonchev–Trinajstić information content (AvgIpc) is 2.36. The second-order valence-corrected chi connectivity index (χ2v) is 6.45. The number of hydrogen-bond acceptors (Lipinski definition) is 4. The van der Waals surface area contributed by atoms with Gasteiger partial charge >= 0.3 is 0 Å². The van der Waals surface area contributed by atoms with Crippen LogP contribution in [0.3, 0.4) is 0 Å². The van der Waals surface area contributed by atoms with Crippen molar-refractivity contribution >= 4 is 10.0 Å². The number of rotatable bonds is 6. The van der Waals surface area contributed by atoms with Crippen molar-refractivity contribution in [2.75, 3.05) is 6.54 Å². The Labute approximate surface area is 113 Å². The van der Waals surface area contributed by atoms with Gasteiger partial charge in [-0.05, 0) is 37.5 Å². The van der Waals surface area contributed by atoms with Gasteiger partial charge in [-0.2, -0.15) is 5.26 Å². The van der Waals surface area contributed by atoms with Crippen molar-refractivity contribution in [2.24, 2.45) is 5.92 Å². The number of aliphatic hydroxyl groups is 1. The van der Waals surface area contributed by atoms with Crippen molar-refractivity contribution < 1.29 is 13.5 Å². The zero-order valence-corrected chi connectivity index (χ0v) is 11.8. The topological polar surface area (TPSA) is 90.2 Å². The predicted octanol–water partition coefficient (Wildman–Crippen LogP) is 1.24. The standard InChI is InChI=1S/C13H18N2O3S/c1-10(6-11(2)16)9-15-19(17,18)13-5-3-4-12(7-13)8-14/h3-5,7,10-11,15-16H,6,9H2,1-2H3. The van der Waals surface area contributed by atoms with E-state index in [1.54, 1.807) is 13.0 Å². The van der Waals surface area contributed by atoms with Crippen LogP contribution >= 0.6 is 0 Å². The molecule has 0 aliphatic carbocycles. The zero-order chi connectivity index (χ0) is 14.5. The summed E-state index contributed by atoms with van der Waals surface area (Å²) < 4.78 is 26.5. The van der Waals surface area contributed by atoms with Crippen LogP contribution < -0.4 is 4.72 Å². The van der Waals surface area contributed by atoms with Gasteiger partial charge in [-0.15, -0.1) is 0 Å². The van der Waals surface area contributed by atoms with E-state index in [0.29, 0.717) is 12.0 Å². The van der Waals surface area contributed by atoms with E-state index in [0.717, 1.165) is 0 Å². The van der Waals surface area contributed by atoms with E-state index in [4.69, 9.17) is 5.26 Å². The SMILES string of the molecule is CC(O)CC(C)CNS(=O)(=O)c1cccc(C#N)c1. The Morgan fingerprint density at radius 1 is 1.42 bits per heavy atom. The number of benzene rings is 1. The molecule has 5 nitrogen and oxygen atoms in total. The van der Waals surface area contributed by atoms with Crippen LogP contribution in [0.4, 0.5) is 0 Å². The summed E-state index contributed by atoms with van der Waals surface area (Å²) in [4.78, 5) is 0.0794. The summed E-state index contributed by atoms with van der Waals surface area (Å²) in [7, 11) is -3.61. The highest BCUT2D eigenvalue weighted by molar-refractivity contribution is 7.89. The zero-order valence-electron chi connectivity index (χ0n) is 11.0. The van der Waals surface area contributed by atoms with Crippen molar-refractivity contribution in [1.82, 2.24) is 4.72 Å². The van der Waals surface area contributed by atoms with E-state index >= 15 is 0 Å². The first-order chi connectivity index (χ1) is 8.85. The smallest absolute Gasteiger partial charge is 0.240 e. The minimum Gasteiger partial charge on any atom is -0.393 e. The van der Waals surface area contributed by atoms with Crippen LogP contribution in [0.5, 0.6) is 0 Å². The lowest BCUT2D eigenvalue weighted by Crippen LogP contribution is -2.29. The molecule has 0 saturated heterocycles. The Morgan fingerprint density at radius 3 is 2.68 bits per heavy atom. The molecule has 1 rings (SSSR count). The number of nitrogens with one attached hydrogen (secondary N) is 1. The highest BCUT2D eigenvalue weighted by Gasteiger charge is 2.16. The molecule has 1 aromatic rings. The molecule has 6 heteroatoms. The van der Waals surface area contributed by atoms with Crippen molar-refractivity contribution in [1.29, 1.82) is 5.26 Å². The van der Waals surface area contributed by atoms with Crippen molar-refractivity contribution in [2.45, 2.75) is 31.3 Å². The molecule has 2 N–H and O–H groups in total. The highest BCUT2D eigenvalue weighted by atomic mass is 32.2. The summed E-state index contributed by atoms with van der Waals surface area (Å²) in [5.41, 5.74) is 0.305. The first-order valence-corrected chi connectivity index (χ1v) is 7.51. The maximum absolute atomic E-state index is 12.0. The molecule has 0 aliphatic heterocycles. The van der Waals surface area contributed by atoms with Gasteiger partial charge in [0.25, 0.3) is 0 Å². The van der Waals surface area contributed by atoms with E-state index in [9.17, 15) is 13.5 Å². The summed E-state index contributed by atoms with van der Waals surface area (Å²) in [5.74, 6) is 0.0360. The highest BCUT2D eigenvalue weighted by Crippen LogP contribution is 2.12. The van der Waals surface area contributed by atoms with E-state index in [2.05, 4.69) is 4.72 Å². The Hall–Kier alpha value is -1.42. The second-order valence-electron chi connectivity index (χ2n) is 4.68. The fourth-order valence-electron chi connectivity index (χ4n) is 1.73. The molecule has 0 saturated carbocycles. The summed E-state index contributed by atoms with van der Waals surface area (Å²) in [6.45, 7) is 3.78. The van der Waals surface area contributed by atoms with Crippen molar-refractivity contribution in [3.63, 3.8) is 0 Å². The molecule has 0 aliphatic rings. The van der Waals surface area contributed by atoms with Gasteiger partial charge in [-0.1, -0.05) is 13.0 Å². The van der Waals surface area contributed by atoms with Crippen LogP contribution in [0.1, 0.15) is 25.8 Å². The molecule has 1 aromatic carbocycles. The maximum atomic E-state index is 12.0. The third kappa shape index (κ3) is 4.99. The van der Waals surface area contributed by atoms with Crippen LogP contribution in [0.25, 0.3) is 0 Å². The largest absolute Gasteiger partial charge is 0.393 e. The molecule has 0 amide bonds. The van der Waals surface area contributed by atoms with Crippen LogP contribution in [-0.4, -0.2) is 26.2 Å². The molecule has 0 radical (unpaired) electrons. The summed E-state index contributed by atoms with van der Waals surface area (Å²) in [6.07, 6.45) is 0.0715. The van der Waals surface area contributed by atoms with Gasteiger partial charge in [0.15, 0.2) is 0 Å². The lowest BCUT2D eigenvalue weighted by molar-refractivity contribution is 0.165. The first kappa shape index (κ1) is 15.6. The third-order valence-electron chi connectivity index (χ3n) is 2.64. The summed E-state index contributed by atoms with van der Waals surface area (Å²) in [5, 5.41) is 18.0. The molecular formula is C13H18N2O3S. The normalized spacial score (nSPS) is 14.6. The molecule has 0 spiro atoms. The van der Waals surface area contributed by atoms with E-state index in [1.807, 2.05) is 13.0 Å². The second kappa shape index (κ2) is 6.66. The molecule has 19 heavy (non-hydrogen) atoms. The summed E-state index contributed by atoms with van der Waals surface area (Å²) in [6, 6.07) is 7.77. The van der Waals surface area contributed by atoms with Gasteiger partial charge in [0, 0.05) is 6.54 Å². The molecule has 0 aromatic heterocycles. The summed E-state index contributed by atoms with van der Waals surface area (Å²) >= 11 is 0. The van der Waals surface area contributed by atoms with E-state index in [-0.39, 0.29) is 17.4 Å². The van der Waals surface area contributed by atoms with Gasteiger partial charge in [0.1, 0.15) is 0 Å². The van der Waals surface area contributed by atoms with E-state index in [1.165, 1.54) is 18.2 Å². The quantitative estimate of drug-likeness (QED) is 0.821. The number of nitriles is 1. The lowest BCUT2D eigenvalue weighted by Gasteiger charge is -2.14. The minimum absolute atomic E-state index is 0.0360. The molecule has 2 atom stereocenters. The van der Waals surface area contributed by atoms with Crippen LogP contribution in [-0.2, 0) is 10.0 Å². The van der Waals surface area contributed by atoms with Crippen molar-refractivity contribution in [3.8, 4) is 6.07 Å². The van der Waals surface area contributed by atoms with E-state index < -0.39 is 16.1 Å². The fraction of sp³-hybridized carbons (Fsp3) is 0.462. The van der Waals surface area contributed by atoms with Crippen LogP contribution in [0.15, 0.2) is 29.2 Å². The number of sulfonamides is 1. The lowest BCUT2D eigenvalue weighted by atomic mass is 10.1. The Morgan fingerprint density at radius 2 is 2.11 bits per heavy atom. The van der Waals surface area contributed by atoms with Gasteiger partial charge in [0.2, 0.25) is 10.0 Å². The third-order valence-corrected chi connectivity index (χ3v) is 4.06. The van der Waals surface area contributed by atoms with Gasteiger partial charge in [0.05, 0.1) is 22.6 Å². The molecule has 0 fully saturated rings. The molecule has 0 heterocycles. The van der Waals surface area contributed by atoms with Gasteiger partial charge in [-0.25, -0.2) is 13.1 Å². The number of hydrogen-bond donors (Lipinski definition) is 2. The van der Waals surface area contributed by atoms with Crippen molar-refractivity contribution in [3.05, 3.63) is 29.8 Å². The van der Waals surface area contributed by atoms with Crippen LogP contribution in [0, 0.1) is 17.2 Å². The Bertz CT molecular complexity index is 561. The minimum atomic E-state index is -3.61. The molecular weight excluding hydrogens is 264 g/mol. The Balaban J connectivity index is 2.73. The van der Waals surface area contributed by atoms with Gasteiger partial charge in [-0.3, -0.25) is 0 Å². The maximum Gasteiger partial charge on any atom is 0.240 e. The monoisotopic (exact) mass is 282 g/mol.